The molecule has 1 aromatic carbocycles. The summed E-state index contributed by atoms with van der Waals surface area (Å²) in [6.45, 7) is 0. The summed E-state index contributed by atoms with van der Waals surface area (Å²) in [5, 5.41) is 0. The third-order valence-electron chi connectivity index (χ3n) is 4.50. The molecule has 0 spiro atoms. The minimum atomic E-state index is 0.526. The van der Waals surface area contributed by atoms with Crippen molar-refractivity contribution in [3.05, 3.63) is 30.2 Å². The van der Waals surface area contributed by atoms with Gasteiger partial charge in [0.1, 0.15) is 5.52 Å². The number of hydrogen-bond acceptors (Lipinski definition) is 2. The van der Waals surface area contributed by atoms with Crippen LogP contribution in [0.25, 0.3) is 11.1 Å². The number of nitrogens with zero attached hydrogens (tertiary/aromatic N) is 1. The second-order valence-electron chi connectivity index (χ2n) is 5.78. The summed E-state index contributed by atoms with van der Waals surface area (Å²) in [5.41, 5.74) is 1.88. The fourth-order valence-electron chi connectivity index (χ4n) is 3.40. The highest BCUT2D eigenvalue weighted by atomic mass is 79.9. The van der Waals surface area contributed by atoms with Crippen molar-refractivity contribution in [2.75, 3.05) is 0 Å². The maximum atomic E-state index is 5.80. The smallest absolute Gasteiger partial charge is 0.196 e. The molecule has 0 bridgehead atoms. The summed E-state index contributed by atoms with van der Waals surface area (Å²) in [7, 11) is 0. The molecule has 3 unspecified atom stereocenters. The van der Waals surface area contributed by atoms with Crippen molar-refractivity contribution < 1.29 is 4.42 Å². The van der Waals surface area contributed by atoms with Crippen LogP contribution in [0.2, 0.25) is 0 Å². The van der Waals surface area contributed by atoms with Crippen LogP contribution in [0.3, 0.4) is 0 Å². The van der Waals surface area contributed by atoms with Crippen LogP contribution in [0.4, 0.5) is 0 Å². The van der Waals surface area contributed by atoms with Gasteiger partial charge in [-0.3, -0.25) is 0 Å². The van der Waals surface area contributed by atoms with E-state index in [9.17, 15) is 0 Å². The van der Waals surface area contributed by atoms with Gasteiger partial charge in [-0.1, -0.05) is 28.1 Å². The predicted octanol–water partition coefficient (Wildman–Crippen LogP) is 4.18. The quantitative estimate of drug-likeness (QED) is 0.795. The molecule has 2 fully saturated rings. The molecule has 18 heavy (non-hydrogen) atoms. The van der Waals surface area contributed by atoms with Gasteiger partial charge in [-0.05, 0) is 49.1 Å². The Kier molecular flexibility index (Phi) is 2.51. The number of halogens is 1. The maximum absolute atomic E-state index is 5.80. The topological polar surface area (TPSA) is 26.0 Å². The SMILES string of the molecule is BrC(Cc1nc2ccccc2o1)C1CC2CC2C1. The van der Waals surface area contributed by atoms with Gasteiger partial charge in [-0.25, -0.2) is 4.98 Å². The molecule has 0 saturated heterocycles. The predicted molar refractivity (Wildman–Crippen MR) is 74.7 cm³/mol. The van der Waals surface area contributed by atoms with Gasteiger partial charge < -0.3 is 4.42 Å². The summed E-state index contributed by atoms with van der Waals surface area (Å²) in [4.78, 5) is 5.08. The van der Waals surface area contributed by atoms with Gasteiger partial charge >= 0.3 is 0 Å². The first kappa shape index (κ1) is 11.0. The van der Waals surface area contributed by atoms with Crippen molar-refractivity contribution in [3.8, 4) is 0 Å². The van der Waals surface area contributed by atoms with Crippen LogP contribution in [0, 0.1) is 17.8 Å². The summed E-state index contributed by atoms with van der Waals surface area (Å²) in [6, 6.07) is 7.99. The van der Waals surface area contributed by atoms with Crippen LogP contribution >= 0.6 is 15.9 Å². The molecule has 3 atom stereocenters. The fraction of sp³-hybridized carbons (Fsp3) is 0.533. The lowest BCUT2D eigenvalue weighted by Gasteiger charge is -2.17. The maximum Gasteiger partial charge on any atom is 0.196 e. The van der Waals surface area contributed by atoms with E-state index in [2.05, 4.69) is 20.9 Å². The molecule has 2 aromatic rings. The third kappa shape index (κ3) is 1.89. The minimum Gasteiger partial charge on any atom is -0.441 e. The van der Waals surface area contributed by atoms with Gasteiger partial charge in [0.2, 0.25) is 0 Å². The highest BCUT2D eigenvalue weighted by Gasteiger charge is 2.47. The number of aromatic nitrogens is 1. The Morgan fingerprint density at radius 1 is 1.22 bits per heavy atom. The Morgan fingerprint density at radius 3 is 2.78 bits per heavy atom. The molecule has 1 aromatic heterocycles. The molecule has 1 heterocycles. The van der Waals surface area contributed by atoms with E-state index in [0.29, 0.717) is 4.83 Å². The van der Waals surface area contributed by atoms with E-state index in [1.807, 2.05) is 24.3 Å². The van der Waals surface area contributed by atoms with Gasteiger partial charge in [0.15, 0.2) is 11.5 Å². The Morgan fingerprint density at radius 2 is 2.00 bits per heavy atom. The number of alkyl halides is 1. The molecule has 2 nitrogen and oxygen atoms in total. The standard InChI is InChI=1S/C15H16BrNO/c16-12(11-6-9-5-10(9)7-11)8-15-17-13-3-1-2-4-14(13)18-15/h1-4,9-12H,5-8H2. The van der Waals surface area contributed by atoms with Crippen LogP contribution < -0.4 is 0 Å². The summed E-state index contributed by atoms with van der Waals surface area (Å²) in [5.74, 6) is 3.78. The molecular formula is C15H16BrNO. The molecule has 2 saturated carbocycles. The molecular weight excluding hydrogens is 290 g/mol. The monoisotopic (exact) mass is 305 g/mol. The second-order valence-corrected chi connectivity index (χ2v) is 6.96. The van der Waals surface area contributed by atoms with Gasteiger partial charge in [0.25, 0.3) is 0 Å². The van der Waals surface area contributed by atoms with Crippen LogP contribution in [-0.4, -0.2) is 9.81 Å². The first-order valence-electron chi connectivity index (χ1n) is 6.78. The highest BCUT2D eigenvalue weighted by Crippen LogP contribution is 2.56. The van der Waals surface area contributed by atoms with E-state index in [1.54, 1.807) is 0 Å². The number of para-hydroxylation sites is 2. The zero-order chi connectivity index (χ0) is 12.1. The number of hydrogen-bond donors (Lipinski definition) is 0. The number of benzene rings is 1. The second kappa shape index (κ2) is 4.09. The Labute approximate surface area is 115 Å². The molecule has 2 aliphatic carbocycles. The van der Waals surface area contributed by atoms with E-state index in [-0.39, 0.29) is 0 Å². The van der Waals surface area contributed by atoms with E-state index < -0.39 is 0 Å². The van der Waals surface area contributed by atoms with Gasteiger partial charge in [-0.15, -0.1) is 0 Å². The van der Waals surface area contributed by atoms with E-state index in [1.165, 1.54) is 19.3 Å². The van der Waals surface area contributed by atoms with Crippen molar-refractivity contribution in [2.45, 2.75) is 30.5 Å². The molecule has 0 aliphatic heterocycles. The summed E-state index contributed by atoms with van der Waals surface area (Å²) in [6.07, 6.45) is 5.21. The minimum absolute atomic E-state index is 0.526. The van der Waals surface area contributed by atoms with Crippen LogP contribution in [0.1, 0.15) is 25.2 Å². The fourth-order valence-corrected chi connectivity index (χ4v) is 4.11. The Bertz CT molecular complexity index is 536. The third-order valence-corrected chi connectivity index (χ3v) is 5.57. The summed E-state index contributed by atoms with van der Waals surface area (Å²) >= 11 is 3.85. The van der Waals surface area contributed by atoms with E-state index >= 15 is 0 Å². The molecule has 4 rings (SSSR count). The Balaban J connectivity index is 1.49. The van der Waals surface area contributed by atoms with Crippen molar-refractivity contribution in [2.24, 2.45) is 17.8 Å². The molecule has 2 aliphatic rings. The molecule has 0 radical (unpaired) electrons. The molecule has 94 valence electrons. The lowest BCUT2D eigenvalue weighted by molar-refractivity contribution is 0.437. The van der Waals surface area contributed by atoms with Crippen LogP contribution in [0.15, 0.2) is 28.7 Å². The first-order valence-corrected chi connectivity index (χ1v) is 7.69. The van der Waals surface area contributed by atoms with Gasteiger partial charge in [0.05, 0.1) is 0 Å². The van der Waals surface area contributed by atoms with Crippen molar-refractivity contribution >= 4 is 27.0 Å². The Hall–Kier alpha value is -0.830. The summed E-state index contributed by atoms with van der Waals surface area (Å²) < 4.78 is 5.80. The van der Waals surface area contributed by atoms with Crippen molar-refractivity contribution in [1.29, 1.82) is 0 Å². The largest absolute Gasteiger partial charge is 0.441 e. The molecule has 0 N–H and O–H groups in total. The zero-order valence-electron chi connectivity index (χ0n) is 10.2. The highest BCUT2D eigenvalue weighted by molar-refractivity contribution is 9.09. The normalized spacial score (nSPS) is 31.5. The van der Waals surface area contributed by atoms with Crippen LogP contribution in [-0.2, 0) is 6.42 Å². The van der Waals surface area contributed by atoms with E-state index in [0.717, 1.165) is 41.2 Å². The average Bonchev–Trinajstić information content (AvgIpc) is 2.83. The molecule has 3 heteroatoms. The van der Waals surface area contributed by atoms with Gasteiger partial charge in [0, 0.05) is 11.2 Å². The van der Waals surface area contributed by atoms with Gasteiger partial charge in [-0.2, -0.15) is 0 Å². The van der Waals surface area contributed by atoms with Crippen LogP contribution in [0.5, 0.6) is 0 Å². The average molecular weight is 306 g/mol. The zero-order valence-corrected chi connectivity index (χ0v) is 11.8. The number of rotatable bonds is 3. The number of fused-ring (bicyclic) bond motifs is 2. The van der Waals surface area contributed by atoms with Crippen molar-refractivity contribution in [1.82, 2.24) is 4.98 Å². The number of oxazole rings is 1. The lowest BCUT2D eigenvalue weighted by atomic mass is 9.98. The van der Waals surface area contributed by atoms with E-state index in [4.69, 9.17) is 4.42 Å². The molecule has 0 amide bonds. The van der Waals surface area contributed by atoms with Crippen molar-refractivity contribution in [3.63, 3.8) is 0 Å². The lowest BCUT2D eigenvalue weighted by Crippen LogP contribution is -2.15. The first-order chi connectivity index (χ1) is 8.79.